The summed E-state index contributed by atoms with van der Waals surface area (Å²) in [5.41, 5.74) is 1.64. The molecule has 1 aliphatic carbocycles. The van der Waals surface area contributed by atoms with Crippen LogP contribution in [-0.4, -0.2) is 32.3 Å². The third kappa shape index (κ3) is 5.02. The number of nitrogens with one attached hydrogen (secondary N) is 2. The van der Waals surface area contributed by atoms with Crippen LogP contribution in [0.4, 0.5) is 4.79 Å². The van der Waals surface area contributed by atoms with Gasteiger partial charge >= 0.3 is 12.0 Å². The summed E-state index contributed by atoms with van der Waals surface area (Å²) in [4.78, 5) is 25.0. The van der Waals surface area contributed by atoms with Crippen LogP contribution >= 0.6 is 0 Å². The molecule has 1 atom stereocenters. The molecule has 0 spiro atoms. The highest BCUT2D eigenvalue weighted by atomic mass is 16.5. The van der Waals surface area contributed by atoms with E-state index in [2.05, 4.69) is 10.6 Å². The van der Waals surface area contributed by atoms with E-state index in [0.29, 0.717) is 41.9 Å². The molecule has 2 N–H and O–H groups in total. The minimum Gasteiger partial charge on any atom is -0.493 e. The molecule has 1 fully saturated rings. The summed E-state index contributed by atoms with van der Waals surface area (Å²) in [6.45, 7) is 4.54. The lowest BCUT2D eigenvalue weighted by Gasteiger charge is -2.29. The van der Waals surface area contributed by atoms with Crippen molar-refractivity contribution >= 4 is 12.0 Å². The van der Waals surface area contributed by atoms with Crippen LogP contribution in [0.3, 0.4) is 0 Å². The van der Waals surface area contributed by atoms with Gasteiger partial charge in [-0.2, -0.15) is 0 Å². The number of hydrogen-bond donors (Lipinski definition) is 2. The van der Waals surface area contributed by atoms with Crippen LogP contribution in [0.25, 0.3) is 0 Å². The Bertz CT molecular complexity index is 783. The first-order valence-corrected chi connectivity index (χ1v) is 10.3. The molecule has 29 heavy (non-hydrogen) atoms. The fourth-order valence-electron chi connectivity index (χ4n) is 3.98. The Labute approximate surface area is 171 Å². The first kappa shape index (κ1) is 21.0. The summed E-state index contributed by atoms with van der Waals surface area (Å²) in [5, 5.41) is 5.51. The first-order valence-electron chi connectivity index (χ1n) is 10.3. The maximum absolute atomic E-state index is 12.9. The lowest BCUT2D eigenvalue weighted by atomic mass is 9.90. The lowest BCUT2D eigenvalue weighted by Crippen LogP contribution is -2.45. The molecule has 0 unspecified atom stereocenters. The highest BCUT2D eigenvalue weighted by Gasteiger charge is 2.33. The predicted octanol–water partition coefficient (Wildman–Crippen LogP) is 3.85. The molecule has 7 nitrogen and oxygen atoms in total. The van der Waals surface area contributed by atoms with Crippen molar-refractivity contribution in [3.63, 3.8) is 0 Å². The molecular weight excluding hydrogens is 372 g/mol. The van der Waals surface area contributed by atoms with Gasteiger partial charge in [0.2, 0.25) is 0 Å². The molecule has 1 aliphatic heterocycles. The molecule has 2 aliphatic rings. The number of benzene rings is 1. The van der Waals surface area contributed by atoms with Gasteiger partial charge in [-0.05, 0) is 50.3 Å². The van der Waals surface area contributed by atoms with Gasteiger partial charge in [-0.3, -0.25) is 0 Å². The van der Waals surface area contributed by atoms with Gasteiger partial charge in [0, 0.05) is 5.70 Å². The molecule has 0 radical (unpaired) electrons. The van der Waals surface area contributed by atoms with E-state index in [4.69, 9.17) is 14.2 Å². The van der Waals surface area contributed by atoms with E-state index in [9.17, 15) is 9.59 Å². The minimum atomic E-state index is -0.618. The van der Waals surface area contributed by atoms with Crippen molar-refractivity contribution in [2.24, 2.45) is 5.92 Å². The number of esters is 1. The highest BCUT2D eigenvalue weighted by Crippen LogP contribution is 2.35. The van der Waals surface area contributed by atoms with Crippen molar-refractivity contribution in [3.05, 3.63) is 35.0 Å². The van der Waals surface area contributed by atoms with Crippen LogP contribution in [0.1, 0.15) is 57.6 Å². The van der Waals surface area contributed by atoms with Crippen LogP contribution < -0.4 is 20.1 Å². The molecule has 0 aromatic heterocycles. The maximum atomic E-state index is 12.9. The largest absolute Gasteiger partial charge is 0.493 e. The van der Waals surface area contributed by atoms with Crippen molar-refractivity contribution in [2.45, 2.75) is 52.0 Å². The number of methoxy groups -OCH3 is 1. The van der Waals surface area contributed by atoms with E-state index in [0.717, 1.165) is 18.4 Å². The van der Waals surface area contributed by atoms with E-state index in [-0.39, 0.29) is 6.03 Å². The number of urea groups is 1. The van der Waals surface area contributed by atoms with Gasteiger partial charge in [-0.25, -0.2) is 9.59 Å². The molecule has 2 amide bonds. The third-order valence-corrected chi connectivity index (χ3v) is 5.48. The van der Waals surface area contributed by atoms with Gasteiger partial charge in [0.15, 0.2) is 11.5 Å². The normalized spacial score (nSPS) is 20.0. The summed E-state index contributed by atoms with van der Waals surface area (Å²) in [6, 6.07) is 4.41. The zero-order chi connectivity index (χ0) is 20.8. The molecule has 0 saturated heterocycles. The fourth-order valence-corrected chi connectivity index (χ4v) is 3.98. The van der Waals surface area contributed by atoms with Gasteiger partial charge < -0.3 is 24.8 Å². The summed E-state index contributed by atoms with van der Waals surface area (Å²) >= 11 is 0. The zero-order valence-corrected chi connectivity index (χ0v) is 17.4. The number of carbonyl (C=O) groups excluding carboxylic acids is 2. The average Bonchev–Trinajstić information content (AvgIpc) is 2.72. The Morgan fingerprint density at radius 3 is 2.62 bits per heavy atom. The third-order valence-electron chi connectivity index (χ3n) is 5.48. The lowest BCUT2D eigenvalue weighted by molar-refractivity contribution is -0.141. The monoisotopic (exact) mass is 402 g/mol. The van der Waals surface area contributed by atoms with Gasteiger partial charge in [-0.15, -0.1) is 0 Å². The molecule has 158 valence electrons. The van der Waals surface area contributed by atoms with Gasteiger partial charge in [0.05, 0.1) is 31.9 Å². The fraction of sp³-hybridized carbons (Fsp3) is 0.545. The predicted molar refractivity (Wildman–Crippen MR) is 109 cm³/mol. The van der Waals surface area contributed by atoms with Crippen LogP contribution in [0.5, 0.6) is 11.5 Å². The summed E-state index contributed by atoms with van der Waals surface area (Å²) in [7, 11) is 1.56. The van der Waals surface area contributed by atoms with Gasteiger partial charge in [-0.1, -0.05) is 25.3 Å². The zero-order valence-electron chi connectivity index (χ0n) is 17.4. The van der Waals surface area contributed by atoms with Crippen LogP contribution in [0.2, 0.25) is 0 Å². The highest BCUT2D eigenvalue weighted by molar-refractivity contribution is 5.95. The van der Waals surface area contributed by atoms with E-state index >= 15 is 0 Å². The number of ether oxygens (including phenoxy) is 3. The molecule has 7 heteroatoms. The first-order chi connectivity index (χ1) is 14.0. The number of carbonyl (C=O) groups is 2. The number of hydrogen-bond acceptors (Lipinski definition) is 5. The molecule has 1 aromatic rings. The SMILES string of the molecule is CCOc1ccc([C@H]2NC(=O)NC(C)=C2C(=O)OCC2CCCCC2)cc1OC. The van der Waals surface area contributed by atoms with E-state index in [1.54, 1.807) is 26.2 Å². The van der Waals surface area contributed by atoms with Crippen LogP contribution in [-0.2, 0) is 9.53 Å². The summed E-state index contributed by atoms with van der Waals surface area (Å²) in [6.07, 6.45) is 5.83. The Morgan fingerprint density at radius 1 is 1.17 bits per heavy atom. The second-order valence-electron chi connectivity index (χ2n) is 7.52. The molecule has 0 bridgehead atoms. The van der Waals surface area contributed by atoms with Crippen LogP contribution in [0, 0.1) is 5.92 Å². The number of allylic oxidation sites excluding steroid dienone is 1. The average molecular weight is 402 g/mol. The molecule has 1 saturated carbocycles. The standard InChI is InChI=1S/C22H30N2O5/c1-4-28-17-11-10-16(12-18(17)27-3)20-19(14(2)23-22(26)24-20)21(25)29-13-15-8-6-5-7-9-15/h10-12,15,20H,4-9,13H2,1-3H3,(H2,23,24,26)/t20-/m1/s1. The Balaban J connectivity index is 1.82. The molecule has 1 aromatic carbocycles. The van der Waals surface area contributed by atoms with E-state index in [1.807, 2.05) is 13.0 Å². The Morgan fingerprint density at radius 2 is 1.93 bits per heavy atom. The summed E-state index contributed by atoms with van der Waals surface area (Å²) in [5.74, 6) is 1.17. The van der Waals surface area contributed by atoms with Crippen molar-refractivity contribution in [2.75, 3.05) is 20.3 Å². The van der Waals surface area contributed by atoms with Gasteiger partial charge in [0.1, 0.15) is 0 Å². The Hall–Kier alpha value is -2.70. The second-order valence-corrected chi connectivity index (χ2v) is 7.52. The van der Waals surface area contributed by atoms with Crippen molar-refractivity contribution < 1.29 is 23.8 Å². The van der Waals surface area contributed by atoms with Crippen molar-refractivity contribution in [3.8, 4) is 11.5 Å². The molecule has 1 heterocycles. The van der Waals surface area contributed by atoms with Crippen molar-refractivity contribution in [1.29, 1.82) is 0 Å². The second kappa shape index (κ2) is 9.67. The molecular formula is C22H30N2O5. The molecule has 3 rings (SSSR count). The van der Waals surface area contributed by atoms with Crippen molar-refractivity contribution in [1.82, 2.24) is 10.6 Å². The van der Waals surface area contributed by atoms with Gasteiger partial charge in [0.25, 0.3) is 0 Å². The minimum absolute atomic E-state index is 0.357. The summed E-state index contributed by atoms with van der Waals surface area (Å²) < 4.78 is 16.6. The Kier molecular flexibility index (Phi) is 7.01. The topological polar surface area (TPSA) is 85.9 Å². The quantitative estimate of drug-likeness (QED) is 0.677. The van der Waals surface area contributed by atoms with E-state index < -0.39 is 12.0 Å². The maximum Gasteiger partial charge on any atom is 0.338 e. The van der Waals surface area contributed by atoms with Crippen LogP contribution in [0.15, 0.2) is 29.5 Å². The number of amides is 2. The van der Waals surface area contributed by atoms with E-state index in [1.165, 1.54) is 19.3 Å². The smallest absolute Gasteiger partial charge is 0.338 e. The number of rotatable bonds is 7.